The van der Waals surface area contributed by atoms with Crippen molar-refractivity contribution in [3.05, 3.63) is 76.8 Å². The normalized spacial score (nSPS) is 19.0. The van der Waals surface area contributed by atoms with Crippen LogP contribution in [0, 0.1) is 11.3 Å². The largest absolute Gasteiger partial charge is 0.444 e. The number of nitrogens with zero attached hydrogens (tertiary/aromatic N) is 5. The summed E-state index contributed by atoms with van der Waals surface area (Å²) in [6.45, 7) is 12.7. The lowest BCUT2D eigenvalue weighted by molar-refractivity contribution is -0.121. The Balaban J connectivity index is 1.09. The summed E-state index contributed by atoms with van der Waals surface area (Å²) in [7, 11) is 0. The number of halogens is 2. The fourth-order valence-electron chi connectivity index (χ4n) is 6.51. The standard InChI is InChI=1S/C36H39ClFN5O3/c1-34(2,3)46-33(45)41-16-14-40(15-17-41)21-36(38)22-42(23-36)27-10-6-24(7-11-27)25-9-13-31-29(18-25)35(4,5)32(44)43(31)28-12-8-26(20-39)30(37)19-28/h6-13,18-19H,14-17,21-23H2,1-5H3. The molecule has 3 aliphatic rings. The second kappa shape index (κ2) is 11.6. The van der Waals surface area contributed by atoms with Crippen LogP contribution in [0.4, 0.5) is 26.2 Å². The zero-order valence-corrected chi connectivity index (χ0v) is 27.7. The molecule has 0 bridgehead atoms. The molecule has 10 heteroatoms. The van der Waals surface area contributed by atoms with Gasteiger partial charge >= 0.3 is 6.09 Å². The van der Waals surface area contributed by atoms with Gasteiger partial charge in [0.15, 0.2) is 5.67 Å². The van der Waals surface area contributed by atoms with Gasteiger partial charge in [0.25, 0.3) is 0 Å². The van der Waals surface area contributed by atoms with Gasteiger partial charge in [-0.15, -0.1) is 0 Å². The first-order valence-electron chi connectivity index (χ1n) is 15.6. The maximum atomic E-state index is 15.7. The molecule has 0 N–H and O–H groups in total. The van der Waals surface area contributed by atoms with Gasteiger partial charge in [-0.1, -0.05) is 29.8 Å². The van der Waals surface area contributed by atoms with Crippen molar-refractivity contribution in [2.24, 2.45) is 0 Å². The predicted molar refractivity (Wildman–Crippen MR) is 179 cm³/mol. The smallest absolute Gasteiger partial charge is 0.410 e. The van der Waals surface area contributed by atoms with Gasteiger partial charge in [-0.05, 0) is 93.8 Å². The Labute approximate surface area is 274 Å². The van der Waals surface area contributed by atoms with E-state index in [0.717, 1.165) is 28.1 Å². The summed E-state index contributed by atoms with van der Waals surface area (Å²) in [5.74, 6) is -0.0619. The topological polar surface area (TPSA) is 80.1 Å². The first-order chi connectivity index (χ1) is 21.7. The summed E-state index contributed by atoms with van der Waals surface area (Å²) in [6.07, 6.45) is -0.312. The second-order valence-electron chi connectivity index (χ2n) is 14.1. The van der Waals surface area contributed by atoms with Crippen molar-refractivity contribution in [3.63, 3.8) is 0 Å². The molecule has 0 spiro atoms. The third-order valence-corrected chi connectivity index (χ3v) is 9.34. The maximum Gasteiger partial charge on any atom is 0.410 e. The van der Waals surface area contributed by atoms with Crippen molar-refractivity contribution in [3.8, 4) is 17.2 Å². The molecule has 240 valence electrons. The van der Waals surface area contributed by atoms with Crippen LogP contribution in [0.2, 0.25) is 5.02 Å². The van der Waals surface area contributed by atoms with Crippen LogP contribution in [0.25, 0.3) is 11.1 Å². The average Bonchev–Trinajstić information content (AvgIpc) is 3.19. The van der Waals surface area contributed by atoms with Gasteiger partial charge < -0.3 is 14.5 Å². The fourth-order valence-corrected chi connectivity index (χ4v) is 6.72. The number of carbonyl (C=O) groups excluding carboxylic acids is 2. The highest BCUT2D eigenvalue weighted by Crippen LogP contribution is 2.47. The molecule has 3 aromatic carbocycles. The van der Waals surface area contributed by atoms with Crippen molar-refractivity contribution in [1.29, 1.82) is 5.26 Å². The summed E-state index contributed by atoms with van der Waals surface area (Å²) in [4.78, 5) is 33.4. The molecule has 3 aliphatic heterocycles. The molecule has 0 radical (unpaired) electrons. The zero-order valence-electron chi connectivity index (χ0n) is 26.9. The second-order valence-corrected chi connectivity index (χ2v) is 14.5. The molecule has 0 unspecified atom stereocenters. The van der Waals surface area contributed by atoms with Gasteiger partial charge in [0, 0.05) is 38.4 Å². The lowest BCUT2D eigenvalue weighted by Crippen LogP contribution is -2.65. The third kappa shape index (κ3) is 6.04. The van der Waals surface area contributed by atoms with Crippen molar-refractivity contribution < 1.29 is 18.7 Å². The Hall–Kier alpha value is -4.13. The van der Waals surface area contributed by atoms with E-state index in [4.69, 9.17) is 16.3 Å². The number of benzene rings is 3. The molecule has 0 saturated carbocycles. The molecule has 6 rings (SSSR count). The Kier molecular flexibility index (Phi) is 8.02. The number of nitriles is 1. The van der Waals surface area contributed by atoms with Gasteiger partial charge in [-0.2, -0.15) is 5.26 Å². The van der Waals surface area contributed by atoms with Gasteiger partial charge in [0.05, 0.1) is 40.5 Å². The average molecular weight is 644 g/mol. The van der Waals surface area contributed by atoms with Crippen LogP contribution in [0.3, 0.4) is 0 Å². The molecule has 0 aliphatic carbocycles. The number of hydrogen-bond acceptors (Lipinski definition) is 6. The minimum atomic E-state index is -1.30. The Morgan fingerprint density at radius 2 is 1.59 bits per heavy atom. The van der Waals surface area contributed by atoms with Crippen LogP contribution in [0.5, 0.6) is 0 Å². The van der Waals surface area contributed by atoms with E-state index in [2.05, 4.69) is 17.0 Å². The molecule has 2 saturated heterocycles. The van der Waals surface area contributed by atoms with Crippen LogP contribution in [0.1, 0.15) is 45.7 Å². The van der Waals surface area contributed by atoms with Gasteiger partial charge in [-0.3, -0.25) is 14.6 Å². The first kappa shape index (κ1) is 31.8. The molecule has 3 heterocycles. The molecular formula is C36H39ClFN5O3. The molecule has 0 atom stereocenters. The Bertz CT molecular complexity index is 1710. The quantitative estimate of drug-likeness (QED) is 0.300. The highest BCUT2D eigenvalue weighted by atomic mass is 35.5. The van der Waals surface area contributed by atoms with E-state index in [1.54, 1.807) is 28.0 Å². The van der Waals surface area contributed by atoms with E-state index in [1.165, 1.54) is 0 Å². The van der Waals surface area contributed by atoms with Crippen LogP contribution in [0.15, 0.2) is 60.7 Å². The molecule has 46 heavy (non-hydrogen) atoms. The minimum absolute atomic E-state index is 0.0619. The number of hydrogen-bond donors (Lipinski definition) is 0. The van der Waals surface area contributed by atoms with Crippen LogP contribution < -0.4 is 9.80 Å². The molecule has 2 fully saturated rings. The van der Waals surface area contributed by atoms with Crippen molar-refractivity contribution >= 4 is 40.7 Å². The van der Waals surface area contributed by atoms with Gasteiger partial charge in [0.2, 0.25) is 5.91 Å². The Morgan fingerprint density at radius 1 is 0.957 bits per heavy atom. The van der Waals surface area contributed by atoms with E-state index in [9.17, 15) is 14.9 Å². The maximum absolute atomic E-state index is 15.7. The third-order valence-electron chi connectivity index (χ3n) is 9.03. The van der Waals surface area contributed by atoms with E-state index >= 15 is 4.39 Å². The lowest BCUT2D eigenvalue weighted by Gasteiger charge is -2.48. The number of piperazine rings is 1. The lowest BCUT2D eigenvalue weighted by atomic mass is 9.84. The zero-order chi connectivity index (χ0) is 33.0. The number of carbonyl (C=O) groups is 2. The van der Waals surface area contributed by atoms with Crippen molar-refractivity contribution in [1.82, 2.24) is 9.80 Å². The number of ether oxygens (including phenoxy) is 1. The summed E-state index contributed by atoms with van der Waals surface area (Å²) < 4.78 is 21.1. The molecule has 8 nitrogen and oxygen atoms in total. The SMILES string of the molecule is CC(C)(C)OC(=O)N1CCN(CC2(F)CN(c3ccc(-c4ccc5c(c4)C(C)(C)C(=O)N5c4ccc(C#N)c(Cl)c4)cc3)C2)CC1. The van der Waals surface area contributed by atoms with E-state index in [1.807, 2.05) is 75.9 Å². The highest BCUT2D eigenvalue weighted by Gasteiger charge is 2.46. The van der Waals surface area contributed by atoms with Crippen LogP contribution in [-0.4, -0.2) is 78.9 Å². The number of fused-ring (bicyclic) bond motifs is 1. The first-order valence-corrected chi connectivity index (χ1v) is 16.0. The van der Waals surface area contributed by atoms with E-state index < -0.39 is 16.7 Å². The number of alkyl halides is 1. The molecule has 3 aromatic rings. The summed E-state index contributed by atoms with van der Waals surface area (Å²) in [6, 6.07) is 21.2. The van der Waals surface area contributed by atoms with E-state index in [0.29, 0.717) is 62.1 Å². The van der Waals surface area contributed by atoms with Gasteiger partial charge in [-0.25, -0.2) is 9.18 Å². The fraction of sp³-hybridized carbons (Fsp3) is 0.417. The number of amides is 2. The summed E-state index contributed by atoms with van der Waals surface area (Å²) in [5.41, 5.74) is 3.07. The molecule has 0 aromatic heterocycles. The molecule has 2 amide bonds. The van der Waals surface area contributed by atoms with Crippen LogP contribution >= 0.6 is 11.6 Å². The summed E-state index contributed by atoms with van der Waals surface area (Å²) in [5, 5.41) is 9.56. The van der Waals surface area contributed by atoms with Crippen LogP contribution in [-0.2, 0) is 14.9 Å². The Morgan fingerprint density at radius 3 is 2.20 bits per heavy atom. The van der Waals surface area contributed by atoms with Crippen molar-refractivity contribution in [2.45, 2.75) is 51.3 Å². The van der Waals surface area contributed by atoms with E-state index in [-0.39, 0.29) is 12.0 Å². The number of anilines is 3. The monoisotopic (exact) mass is 643 g/mol. The predicted octanol–water partition coefficient (Wildman–Crippen LogP) is 6.92. The van der Waals surface area contributed by atoms with Gasteiger partial charge in [0.1, 0.15) is 11.7 Å². The highest BCUT2D eigenvalue weighted by molar-refractivity contribution is 6.32. The number of rotatable bonds is 5. The minimum Gasteiger partial charge on any atom is -0.444 e. The molecular weight excluding hydrogens is 605 g/mol. The summed E-state index contributed by atoms with van der Waals surface area (Å²) >= 11 is 6.30. The van der Waals surface area contributed by atoms with Crippen molar-refractivity contribution in [2.75, 3.05) is 55.6 Å².